The van der Waals surface area contributed by atoms with Gasteiger partial charge in [-0.1, -0.05) is 12.0 Å². The molecule has 0 N–H and O–H groups in total. The molecule has 0 saturated carbocycles. The van der Waals surface area contributed by atoms with Gasteiger partial charge in [0.25, 0.3) is 0 Å². The van der Waals surface area contributed by atoms with Crippen molar-refractivity contribution in [1.29, 1.82) is 0 Å². The van der Waals surface area contributed by atoms with Gasteiger partial charge in [-0.2, -0.15) is 0 Å². The van der Waals surface area contributed by atoms with E-state index in [1.54, 1.807) is 0 Å². The summed E-state index contributed by atoms with van der Waals surface area (Å²) in [6.07, 6.45) is 5.23. The average molecular weight is 129 g/mol. The Morgan fingerprint density at radius 2 is 2.20 bits per heavy atom. The minimum atomic E-state index is 0.936. The van der Waals surface area contributed by atoms with Crippen molar-refractivity contribution in [3.63, 3.8) is 0 Å². The van der Waals surface area contributed by atoms with Crippen LogP contribution in [0.2, 0.25) is 0 Å². The van der Waals surface area contributed by atoms with Gasteiger partial charge in [0.1, 0.15) is 0 Å². The average Bonchev–Trinajstić information content (AvgIpc) is 1.88. The van der Waals surface area contributed by atoms with Gasteiger partial charge in [-0.25, -0.2) is 0 Å². The van der Waals surface area contributed by atoms with Crippen LogP contribution in [-0.4, -0.2) is 0 Å². The first-order valence-corrected chi connectivity index (χ1v) is 3.19. The molecule has 0 aliphatic carbocycles. The van der Waals surface area contributed by atoms with Crippen LogP contribution in [0, 0.1) is 32.3 Å². The Morgan fingerprint density at radius 1 is 1.50 bits per heavy atom. The fourth-order valence-electron chi connectivity index (χ4n) is 0.900. The van der Waals surface area contributed by atoms with E-state index in [1.165, 1.54) is 0 Å². The summed E-state index contributed by atoms with van der Waals surface area (Å²) in [5.74, 6) is 2.59. The van der Waals surface area contributed by atoms with Crippen molar-refractivity contribution >= 4 is 0 Å². The van der Waals surface area contributed by atoms with Gasteiger partial charge in [-0.15, -0.1) is 6.42 Å². The van der Waals surface area contributed by atoms with E-state index in [4.69, 9.17) is 6.42 Å². The van der Waals surface area contributed by atoms with Crippen LogP contribution in [0.5, 0.6) is 0 Å². The number of terminal acetylenes is 1. The molecule has 1 radical (unpaired) electrons. The third-order valence-corrected chi connectivity index (χ3v) is 1.46. The van der Waals surface area contributed by atoms with E-state index in [0.29, 0.717) is 0 Å². The maximum atomic E-state index is 5.23. The van der Waals surface area contributed by atoms with E-state index < -0.39 is 0 Å². The summed E-state index contributed by atoms with van der Waals surface area (Å²) in [5.41, 5.74) is 3.22. The second kappa shape index (κ2) is 2.58. The molecule has 0 saturated heterocycles. The molecular formula is C10H9. The molecule has 0 fully saturated rings. The summed E-state index contributed by atoms with van der Waals surface area (Å²) in [4.78, 5) is 0. The Bertz CT molecular complexity index is 277. The first kappa shape index (κ1) is 6.89. The molecule has 0 bridgehead atoms. The molecule has 0 heteroatoms. The van der Waals surface area contributed by atoms with E-state index in [2.05, 4.69) is 12.0 Å². The molecule has 1 aromatic carbocycles. The maximum absolute atomic E-state index is 5.23. The fourth-order valence-corrected chi connectivity index (χ4v) is 0.900. The van der Waals surface area contributed by atoms with Crippen LogP contribution in [0.3, 0.4) is 0 Å². The highest BCUT2D eigenvalue weighted by atomic mass is 14.0. The lowest BCUT2D eigenvalue weighted by Gasteiger charge is -1.97. The molecule has 0 aliphatic rings. The molecule has 0 aromatic heterocycles. The normalized spacial score (nSPS) is 8.90. The predicted molar refractivity (Wildman–Crippen MR) is 42.7 cm³/mol. The third kappa shape index (κ3) is 1.19. The molecule has 0 spiro atoms. The van der Waals surface area contributed by atoms with Gasteiger partial charge in [-0.3, -0.25) is 0 Å². The zero-order chi connectivity index (χ0) is 7.56. The monoisotopic (exact) mass is 129 g/mol. The van der Waals surface area contributed by atoms with Gasteiger partial charge < -0.3 is 0 Å². The van der Waals surface area contributed by atoms with Gasteiger partial charge in [0, 0.05) is 5.56 Å². The van der Waals surface area contributed by atoms with E-state index in [9.17, 15) is 0 Å². The van der Waals surface area contributed by atoms with Crippen molar-refractivity contribution in [2.24, 2.45) is 0 Å². The first-order valence-electron chi connectivity index (χ1n) is 3.19. The second-order valence-corrected chi connectivity index (χ2v) is 2.36. The van der Waals surface area contributed by atoms with Crippen LogP contribution in [0.1, 0.15) is 16.7 Å². The quantitative estimate of drug-likeness (QED) is 0.470. The van der Waals surface area contributed by atoms with Gasteiger partial charge in [0.15, 0.2) is 0 Å². The highest BCUT2D eigenvalue weighted by Gasteiger charge is 1.92. The zero-order valence-electron chi connectivity index (χ0n) is 6.23. The highest BCUT2D eigenvalue weighted by molar-refractivity contribution is 5.40. The van der Waals surface area contributed by atoms with Crippen molar-refractivity contribution in [2.45, 2.75) is 13.8 Å². The van der Waals surface area contributed by atoms with Crippen molar-refractivity contribution in [3.05, 3.63) is 34.9 Å². The van der Waals surface area contributed by atoms with Crippen LogP contribution in [0.4, 0.5) is 0 Å². The first-order chi connectivity index (χ1) is 4.74. The van der Waals surface area contributed by atoms with Crippen LogP contribution in [0.25, 0.3) is 0 Å². The second-order valence-electron chi connectivity index (χ2n) is 2.36. The van der Waals surface area contributed by atoms with Gasteiger partial charge >= 0.3 is 0 Å². The summed E-state index contributed by atoms with van der Waals surface area (Å²) in [6, 6.07) is 6.94. The number of hydrogen-bond donors (Lipinski definition) is 0. The minimum Gasteiger partial charge on any atom is -0.115 e. The summed E-state index contributed by atoms with van der Waals surface area (Å²) < 4.78 is 0. The van der Waals surface area contributed by atoms with Gasteiger partial charge in [0.05, 0.1) is 0 Å². The third-order valence-electron chi connectivity index (χ3n) is 1.46. The SMILES string of the molecule is C#Cc1c[c]c(C)cc1C. The molecule has 0 aliphatic heterocycles. The van der Waals surface area contributed by atoms with Gasteiger partial charge in [-0.05, 0) is 37.1 Å². The molecule has 0 nitrogen and oxygen atoms in total. The number of rotatable bonds is 0. The molecule has 1 rings (SSSR count). The highest BCUT2D eigenvalue weighted by Crippen LogP contribution is 2.07. The van der Waals surface area contributed by atoms with Crippen molar-refractivity contribution in [2.75, 3.05) is 0 Å². The van der Waals surface area contributed by atoms with Crippen LogP contribution in [-0.2, 0) is 0 Å². The maximum Gasteiger partial charge on any atom is 0.0278 e. The summed E-state index contributed by atoms with van der Waals surface area (Å²) in [7, 11) is 0. The Hall–Kier alpha value is -1.22. The molecule has 49 valence electrons. The molecule has 10 heavy (non-hydrogen) atoms. The van der Waals surface area contributed by atoms with Crippen molar-refractivity contribution in [3.8, 4) is 12.3 Å². The smallest absolute Gasteiger partial charge is 0.0278 e. The molecule has 0 unspecified atom stereocenters. The largest absolute Gasteiger partial charge is 0.115 e. The Morgan fingerprint density at radius 3 is 2.70 bits per heavy atom. The van der Waals surface area contributed by atoms with E-state index in [0.717, 1.165) is 16.7 Å². The molecule has 0 amide bonds. The topological polar surface area (TPSA) is 0 Å². The van der Waals surface area contributed by atoms with E-state index in [1.807, 2.05) is 26.0 Å². The standard InChI is InChI=1S/C10H9/c1-4-10-6-5-8(2)7-9(10)3/h1,6-7H,2-3H3. The Kier molecular flexibility index (Phi) is 1.78. The Labute approximate surface area is 61.9 Å². The number of hydrogen-bond acceptors (Lipinski definition) is 0. The minimum absolute atomic E-state index is 0.936. The lowest BCUT2D eigenvalue weighted by molar-refractivity contribution is 1.36. The van der Waals surface area contributed by atoms with Crippen molar-refractivity contribution in [1.82, 2.24) is 0 Å². The summed E-state index contributed by atoms with van der Waals surface area (Å²) in [5, 5.41) is 0. The molecular weight excluding hydrogens is 120 g/mol. The lowest BCUT2D eigenvalue weighted by atomic mass is 10.1. The van der Waals surface area contributed by atoms with Crippen LogP contribution >= 0.6 is 0 Å². The molecule has 0 heterocycles. The molecule has 1 aromatic rings. The predicted octanol–water partition coefficient (Wildman–Crippen LogP) is 2.08. The summed E-state index contributed by atoms with van der Waals surface area (Å²) in [6.45, 7) is 4.02. The molecule has 0 atom stereocenters. The van der Waals surface area contributed by atoms with Crippen LogP contribution in [0.15, 0.2) is 12.1 Å². The summed E-state index contributed by atoms with van der Waals surface area (Å²) >= 11 is 0. The number of benzene rings is 1. The van der Waals surface area contributed by atoms with E-state index in [-0.39, 0.29) is 0 Å². The fraction of sp³-hybridized carbons (Fsp3) is 0.200. The van der Waals surface area contributed by atoms with Gasteiger partial charge in [0.2, 0.25) is 0 Å². The Balaban J connectivity index is 3.23. The van der Waals surface area contributed by atoms with Crippen molar-refractivity contribution < 1.29 is 0 Å². The zero-order valence-corrected chi connectivity index (χ0v) is 6.23. The van der Waals surface area contributed by atoms with Crippen LogP contribution < -0.4 is 0 Å². The number of aryl methyl sites for hydroxylation is 2. The van der Waals surface area contributed by atoms with E-state index >= 15 is 0 Å². The lowest BCUT2D eigenvalue weighted by Crippen LogP contribution is -1.82.